The summed E-state index contributed by atoms with van der Waals surface area (Å²) in [6.07, 6.45) is 4.19. The predicted molar refractivity (Wildman–Crippen MR) is 77.9 cm³/mol. The van der Waals surface area contributed by atoms with E-state index >= 15 is 0 Å². The Morgan fingerprint density at radius 1 is 1.56 bits per heavy atom. The topological polar surface area (TPSA) is 38.5 Å². The van der Waals surface area contributed by atoms with E-state index in [2.05, 4.69) is 32.3 Å². The molecule has 3 atom stereocenters. The molecule has 0 spiro atoms. The first-order valence-corrected chi connectivity index (χ1v) is 8.29. The molecule has 0 radical (unpaired) electrons. The lowest BCUT2D eigenvalue weighted by Crippen LogP contribution is -2.51. The Balaban J connectivity index is 1.85. The summed E-state index contributed by atoms with van der Waals surface area (Å²) in [5.41, 5.74) is 6.05. The van der Waals surface area contributed by atoms with Crippen molar-refractivity contribution in [3.63, 3.8) is 0 Å². The number of ether oxygens (including phenoxy) is 1. The lowest BCUT2D eigenvalue weighted by Gasteiger charge is -2.42. The van der Waals surface area contributed by atoms with Crippen molar-refractivity contribution >= 4 is 27.3 Å². The largest absolute Gasteiger partial charge is 0.375 e. The van der Waals surface area contributed by atoms with Gasteiger partial charge in [-0.2, -0.15) is 0 Å². The second-order valence-corrected chi connectivity index (χ2v) is 6.83. The standard InChI is InChI=1S/C13H19BrN2OS/c14-9-4-7-18-13(9)11(8-15)16-5-6-17-12-3-1-2-10(12)16/h4,7,10-12H,1-3,5-6,8,15H2. The Bertz CT molecular complexity index is 411. The summed E-state index contributed by atoms with van der Waals surface area (Å²) in [5, 5.41) is 2.13. The number of rotatable bonds is 3. The fourth-order valence-electron chi connectivity index (χ4n) is 3.28. The molecule has 1 saturated carbocycles. The zero-order valence-corrected chi connectivity index (χ0v) is 12.8. The molecule has 3 nitrogen and oxygen atoms in total. The number of fused-ring (bicyclic) bond motifs is 1. The smallest absolute Gasteiger partial charge is 0.0731 e. The maximum absolute atomic E-state index is 6.05. The molecular weight excluding hydrogens is 312 g/mol. The van der Waals surface area contributed by atoms with Crippen molar-refractivity contribution in [3.8, 4) is 0 Å². The summed E-state index contributed by atoms with van der Waals surface area (Å²) >= 11 is 5.44. The van der Waals surface area contributed by atoms with Crippen molar-refractivity contribution in [2.75, 3.05) is 19.7 Å². The van der Waals surface area contributed by atoms with Gasteiger partial charge in [0.25, 0.3) is 0 Å². The Labute approximate surface area is 120 Å². The van der Waals surface area contributed by atoms with Crippen molar-refractivity contribution in [1.82, 2.24) is 4.90 Å². The molecule has 0 bridgehead atoms. The second kappa shape index (κ2) is 5.59. The van der Waals surface area contributed by atoms with Crippen LogP contribution in [-0.4, -0.2) is 36.7 Å². The third kappa shape index (κ3) is 2.27. The highest BCUT2D eigenvalue weighted by Crippen LogP contribution is 2.38. The van der Waals surface area contributed by atoms with Crippen molar-refractivity contribution in [3.05, 3.63) is 20.8 Å². The zero-order chi connectivity index (χ0) is 12.5. The molecule has 1 aromatic rings. The zero-order valence-electron chi connectivity index (χ0n) is 10.3. The number of nitrogens with zero attached hydrogens (tertiary/aromatic N) is 1. The van der Waals surface area contributed by atoms with Crippen LogP contribution in [0.15, 0.2) is 15.9 Å². The monoisotopic (exact) mass is 330 g/mol. The number of nitrogens with two attached hydrogens (primary N) is 1. The first-order chi connectivity index (χ1) is 8.81. The number of hydrogen-bond acceptors (Lipinski definition) is 4. The maximum Gasteiger partial charge on any atom is 0.0731 e. The molecule has 18 heavy (non-hydrogen) atoms. The molecule has 1 aromatic heterocycles. The highest BCUT2D eigenvalue weighted by atomic mass is 79.9. The fourth-order valence-corrected chi connectivity index (χ4v) is 5.05. The Kier molecular flexibility index (Phi) is 4.06. The Morgan fingerprint density at radius 2 is 2.44 bits per heavy atom. The van der Waals surface area contributed by atoms with E-state index in [1.807, 2.05) is 0 Å². The molecule has 3 rings (SSSR count). The quantitative estimate of drug-likeness (QED) is 0.926. The van der Waals surface area contributed by atoms with Gasteiger partial charge in [-0.25, -0.2) is 0 Å². The summed E-state index contributed by atoms with van der Waals surface area (Å²) in [4.78, 5) is 3.95. The van der Waals surface area contributed by atoms with E-state index in [9.17, 15) is 0 Å². The Hall–Kier alpha value is 0.0600. The summed E-state index contributed by atoms with van der Waals surface area (Å²) in [6.45, 7) is 2.54. The number of thiophene rings is 1. The van der Waals surface area contributed by atoms with E-state index < -0.39 is 0 Å². The van der Waals surface area contributed by atoms with Crippen LogP contribution in [0.2, 0.25) is 0 Å². The Morgan fingerprint density at radius 3 is 3.17 bits per heavy atom. The van der Waals surface area contributed by atoms with Gasteiger partial charge in [-0.05, 0) is 46.6 Å². The van der Waals surface area contributed by atoms with Crippen LogP contribution in [-0.2, 0) is 4.74 Å². The van der Waals surface area contributed by atoms with Gasteiger partial charge in [-0.15, -0.1) is 11.3 Å². The summed E-state index contributed by atoms with van der Waals surface area (Å²) in [5.74, 6) is 0. The van der Waals surface area contributed by atoms with Gasteiger partial charge < -0.3 is 10.5 Å². The molecule has 0 aromatic carbocycles. The maximum atomic E-state index is 6.05. The second-order valence-electron chi connectivity index (χ2n) is 5.03. The number of hydrogen-bond donors (Lipinski definition) is 1. The van der Waals surface area contributed by atoms with Crippen LogP contribution in [0.4, 0.5) is 0 Å². The van der Waals surface area contributed by atoms with Crippen LogP contribution in [0.25, 0.3) is 0 Å². The van der Waals surface area contributed by atoms with E-state index in [-0.39, 0.29) is 0 Å². The van der Waals surface area contributed by atoms with E-state index in [1.165, 1.54) is 28.6 Å². The summed E-state index contributed by atoms with van der Waals surface area (Å²) in [7, 11) is 0. The van der Waals surface area contributed by atoms with E-state index in [4.69, 9.17) is 10.5 Å². The molecule has 1 saturated heterocycles. The van der Waals surface area contributed by atoms with Gasteiger partial charge in [-0.1, -0.05) is 0 Å². The van der Waals surface area contributed by atoms with Gasteiger partial charge >= 0.3 is 0 Å². The molecule has 5 heteroatoms. The lowest BCUT2D eigenvalue weighted by molar-refractivity contribution is -0.0707. The molecule has 2 N–H and O–H groups in total. The summed E-state index contributed by atoms with van der Waals surface area (Å²) in [6, 6.07) is 3.03. The van der Waals surface area contributed by atoms with Crippen LogP contribution < -0.4 is 5.73 Å². The van der Waals surface area contributed by atoms with Crippen molar-refractivity contribution < 1.29 is 4.74 Å². The van der Waals surface area contributed by atoms with Crippen molar-refractivity contribution in [2.24, 2.45) is 5.73 Å². The van der Waals surface area contributed by atoms with Gasteiger partial charge in [0.2, 0.25) is 0 Å². The fraction of sp³-hybridized carbons (Fsp3) is 0.692. The van der Waals surface area contributed by atoms with Gasteiger partial charge in [0.05, 0.1) is 18.8 Å². The lowest BCUT2D eigenvalue weighted by atomic mass is 10.1. The van der Waals surface area contributed by atoms with Crippen LogP contribution in [0, 0.1) is 0 Å². The molecule has 1 aliphatic carbocycles. The predicted octanol–water partition coefficient (Wildman–Crippen LogP) is 2.76. The van der Waals surface area contributed by atoms with Crippen LogP contribution in [0.1, 0.15) is 30.2 Å². The van der Waals surface area contributed by atoms with Gasteiger partial charge in [0.1, 0.15) is 0 Å². The van der Waals surface area contributed by atoms with Gasteiger partial charge in [-0.3, -0.25) is 4.90 Å². The van der Waals surface area contributed by atoms with E-state index in [0.717, 1.165) is 13.2 Å². The highest BCUT2D eigenvalue weighted by molar-refractivity contribution is 9.10. The molecule has 0 amide bonds. The molecule has 100 valence electrons. The summed E-state index contributed by atoms with van der Waals surface area (Å²) < 4.78 is 7.08. The number of halogens is 1. The average molecular weight is 331 g/mol. The van der Waals surface area contributed by atoms with Gasteiger partial charge in [0.15, 0.2) is 0 Å². The van der Waals surface area contributed by atoms with Crippen molar-refractivity contribution in [2.45, 2.75) is 37.5 Å². The van der Waals surface area contributed by atoms with Crippen molar-refractivity contribution in [1.29, 1.82) is 0 Å². The molecule has 1 aliphatic heterocycles. The molecule has 2 fully saturated rings. The minimum Gasteiger partial charge on any atom is -0.375 e. The normalized spacial score (nSPS) is 30.3. The SMILES string of the molecule is NCC(c1sccc1Br)N1CCOC2CCCC21. The highest BCUT2D eigenvalue weighted by Gasteiger charge is 2.39. The van der Waals surface area contributed by atoms with Crippen LogP contribution in [0.5, 0.6) is 0 Å². The molecule has 2 aliphatic rings. The van der Waals surface area contributed by atoms with E-state index in [0.29, 0.717) is 24.7 Å². The minimum atomic E-state index is 0.342. The number of morpholine rings is 1. The molecule has 2 heterocycles. The van der Waals surface area contributed by atoms with Gasteiger partial charge in [0, 0.05) is 28.5 Å². The third-order valence-corrected chi connectivity index (χ3v) is 6.07. The molecule has 3 unspecified atom stereocenters. The third-order valence-electron chi connectivity index (χ3n) is 4.10. The minimum absolute atomic E-state index is 0.342. The van der Waals surface area contributed by atoms with Crippen LogP contribution in [0.3, 0.4) is 0 Å². The average Bonchev–Trinajstić information content (AvgIpc) is 3.00. The van der Waals surface area contributed by atoms with E-state index in [1.54, 1.807) is 11.3 Å². The first kappa shape index (κ1) is 13.1. The molecular formula is C13H19BrN2OS. The first-order valence-electron chi connectivity index (χ1n) is 6.61. The van der Waals surface area contributed by atoms with Crippen LogP contribution >= 0.6 is 27.3 Å².